The van der Waals surface area contributed by atoms with E-state index in [-0.39, 0.29) is 5.91 Å². The molecular formula is C18H17ClN2O. The van der Waals surface area contributed by atoms with Crippen LogP contribution in [0.15, 0.2) is 59.7 Å². The number of hydrogen-bond donors (Lipinski definition) is 1. The van der Waals surface area contributed by atoms with Crippen LogP contribution in [0.25, 0.3) is 6.08 Å². The highest BCUT2D eigenvalue weighted by Gasteiger charge is 2.09. The Kier molecular flexibility index (Phi) is 5.50. The first-order chi connectivity index (χ1) is 10.6. The third-order valence-corrected chi connectivity index (χ3v) is 3.33. The topological polar surface area (TPSA) is 41.5 Å². The minimum absolute atomic E-state index is 0.322. The van der Waals surface area contributed by atoms with Crippen LogP contribution in [0.3, 0.4) is 0 Å². The molecule has 0 unspecified atom stereocenters. The molecule has 2 rings (SSSR count). The third-order valence-electron chi connectivity index (χ3n) is 3.02. The van der Waals surface area contributed by atoms with E-state index in [9.17, 15) is 4.79 Å². The number of rotatable bonds is 4. The number of amides is 1. The highest BCUT2D eigenvalue weighted by Crippen LogP contribution is 2.17. The average molecular weight is 313 g/mol. The monoisotopic (exact) mass is 312 g/mol. The summed E-state index contributed by atoms with van der Waals surface area (Å²) in [4.78, 5) is 12.0. The first-order valence-electron chi connectivity index (χ1n) is 6.90. The van der Waals surface area contributed by atoms with E-state index in [0.29, 0.717) is 16.3 Å². The Balaban J connectivity index is 2.01. The normalized spacial score (nSPS) is 11.7. The zero-order valence-electron chi connectivity index (χ0n) is 12.5. The Labute approximate surface area is 135 Å². The number of carbonyl (C=O) groups is 1. The molecule has 4 heteroatoms. The van der Waals surface area contributed by atoms with Crippen molar-refractivity contribution in [1.29, 1.82) is 0 Å². The zero-order valence-corrected chi connectivity index (χ0v) is 13.3. The Hall–Kier alpha value is -2.39. The third kappa shape index (κ3) is 4.57. The maximum Gasteiger partial charge on any atom is 0.272 e. The molecule has 0 aliphatic heterocycles. The number of hydrazone groups is 1. The van der Waals surface area contributed by atoms with Gasteiger partial charge in [0.15, 0.2) is 0 Å². The molecule has 0 saturated heterocycles. The van der Waals surface area contributed by atoms with Gasteiger partial charge in [0.25, 0.3) is 5.91 Å². The number of nitrogens with zero attached hydrogens (tertiary/aromatic N) is 1. The van der Waals surface area contributed by atoms with Crippen LogP contribution in [0.4, 0.5) is 0 Å². The van der Waals surface area contributed by atoms with E-state index in [1.54, 1.807) is 12.1 Å². The number of aryl methyl sites for hydroxylation is 1. The van der Waals surface area contributed by atoms with Crippen LogP contribution in [-0.4, -0.2) is 11.6 Å². The van der Waals surface area contributed by atoms with Crippen molar-refractivity contribution >= 4 is 29.3 Å². The molecule has 2 aromatic carbocycles. The molecule has 0 atom stereocenters. The van der Waals surface area contributed by atoms with Crippen LogP contribution < -0.4 is 5.43 Å². The second kappa shape index (κ2) is 7.57. The lowest BCUT2D eigenvalue weighted by atomic mass is 10.1. The van der Waals surface area contributed by atoms with Crippen molar-refractivity contribution in [2.45, 2.75) is 13.8 Å². The van der Waals surface area contributed by atoms with Gasteiger partial charge in [0.2, 0.25) is 0 Å². The Morgan fingerprint density at radius 3 is 2.59 bits per heavy atom. The molecule has 0 bridgehead atoms. The molecule has 3 nitrogen and oxygen atoms in total. The van der Waals surface area contributed by atoms with Crippen LogP contribution >= 0.6 is 11.6 Å². The van der Waals surface area contributed by atoms with Crippen molar-refractivity contribution < 1.29 is 4.79 Å². The molecule has 22 heavy (non-hydrogen) atoms. The van der Waals surface area contributed by atoms with Gasteiger partial charge in [-0.05, 0) is 43.2 Å². The average Bonchev–Trinajstić information content (AvgIpc) is 2.51. The molecule has 1 N–H and O–H groups in total. The first kappa shape index (κ1) is 16.0. The Bertz CT molecular complexity index is 721. The predicted molar refractivity (Wildman–Crippen MR) is 92.2 cm³/mol. The van der Waals surface area contributed by atoms with Crippen LogP contribution in [0, 0.1) is 6.92 Å². The quantitative estimate of drug-likeness (QED) is 0.657. The van der Waals surface area contributed by atoms with Crippen LogP contribution in [0.1, 0.15) is 28.4 Å². The SMILES string of the molecule is CC(/C=C/c1ccccc1)=N/NC(=O)c1ccc(C)cc1Cl. The van der Waals surface area contributed by atoms with E-state index < -0.39 is 0 Å². The second-order valence-corrected chi connectivity index (χ2v) is 5.33. The summed E-state index contributed by atoms with van der Waals surface area (Å²) < 4.78 is 0. The molecule has 0 aliphatic rings. The molecule has 1 amide bonds. The summed E-state index contributed by atoms with van der Waals surface area (Å²) in [6.07, 6.45) is 3.77. The summed E-state index contributed by atoms with van der Waals surface area (Å²) in [5.74, 6) is -0.322. The Morgan fingerprint density at radius 1 is 1.18 bits per heavy atom. The van der Waals surface area contributed by atoms with E-state index in [2.05, 4.69) is 10.5 Å². The summed E-state index contributed by atoms with van der Waals surface area (Å²) >= 11 is 6.06. The van der Waals surface area contributed by atoms with Crippen molar-refractivity contribution in [2.24, 2.45) is 5.10 Å². The standard InChI is InChI=1S/C18H17ClN2O/c1-13-8-11-16(17(19)12-13)18(22)21-20-14(2)9-10-15-6-4-3-5-7-15/h3-12H,1-2H3,(H,21,22)/b10-9+,20-14-. The Morgan fingerprint density at radius 2 is 1.91 bits per heavy atom. The smallest absolute Gasteiger partial charge is 0.267 e. The number of hydrogen-bond acceptors (Lipinski definition) is 2. The summed E-state index contributed by atoms with van der Waals surface area (Å²) in [7, 11) is 0. The fourth-order valence-electron chi connectivity index (χ4n) is 1.82. The summed E-state index contributed by atoms with van der Waals surface area (Å²) in [6, 6.07) is 15.2. The maximum atomic E-state index is 12.0. The van der Waals surface area contributed by atoms with Crippen LogP contribution in [0.5, 0.6) is 0 Å². The molecule has 112 valence electrons. The van der Waals surface area contributed by atoms with Gasteiger partial charge >= 0.3 is 0 Å². The largest absolute Gasteiger partial charge is 0.272 e. The first-order valence-corrected chi connectivity index (χ1v) is 7.28. The van der Waals surface area contributed by atoms with Crippen molar-refractivity contribution in [1.82, 2.24) is 5.43 Å². The molecule has 2 aromatic rings. The molecule has 0 saturated carbocycles. The van der Waals surface area contributed by atoms with E-state index in [4.69, 9.17) is 11.6 Å². The molecular weight excluding hydrogens is 296 g/mol. The van der Waals surface area contributed by atoms with Crippen molar-refractivity contribution in [3.8, 4) is 0 Å². The van der Waals surface area contributed by atoms with E-state index >= 15 is 0 Å². The predicted octanol–water partition coefficient (Wildman–Crippen LogP) is 4.47. The number of nitrogens with one attached hydrogen (secondary N) is 1. The van der Waals surface area contributed by atoms with Gasteiger partial charge in [-0.3, -0.25) is 4.79 Å². The van der Waals surface area contributed by atoms with Gasteiger partial charge in [-0.1, -0.05) is 54.1 Å². The van der Waals surface area contributed by atoms with E-state index in [0.717, 1.165) is 11.1 Å². The van der Waals surface area contributed by atoms with Gasteiger partial charge in [0.1, 0.15) is 0 Å². The van der Waals surface area contributed by atoms with Gasteiger partial charge < -0.3 is 0 Å². The van der Waals surface area contributed by atoms with E-state index in [1.165, 1.54) is 0 Å². The highest BCUT2D eigenvalue weighted by molar-refractivity contribution is 6.33. The fraction of sp³-hybridized carbons (Fsp3) is 0.111. The molecule has 0 spiro atoms. The van der Waals surface area contributed by atoms with Crippen molar-refractivity contribution in [3.05, 3.63) is 76.3 Å². The van der Waals surface area contributed by atoms with Gasteiger partial charge in [-0.25, -0.2) is 5.43 Å². The van der Waals surface area contributed by atoms with E-state index in [1.807, 2.05) is 62.4 Å². The highest BCUT2D eigenvalue weighted by atomic mass is 35.5. The van der Waals surface area contributed by atoms with Crippen molar-refractivity contribution in [3.63, 3.8) is 0 Å². The summed E-state index contributed by atoms with van der Waals surface area (Å²) in [5, 5.41) is 4.47. The molecule has 0 fully saturated rings. The molecule has 0 aliphatic carbocycles. The van der Waals surface area contributed by atoms with Crippen LogP contribution in [-0.2, 0) is 0 Å². The summed E-state index contributed by atoms with van der Waals surface area (Å²) in [6.45, 7) is 3.74. The van der Waals surface area contributed by atoms with Crippen molar-refractivity contribution in [2.75, 3.05) is 0 Å². The fourth-order valence-corrected chi connectivity index (χ4v) is 2.14. The lowest BCUT2D eigenvalue weighted by Crippen LogP contribution is -2.19. The van der Waals surface area contributed by atoms with Gasteiger partial charge in [-0.15, -0.1) is 0 Å². The molecule has 0 radical (unpaired) electrons. The number of halogens is 1. The van der Waals surface area contributed by atoms with Gasteiger partial charge in [-0.2, -0.15) is 5.10 Å². The van der Waals surface area contributed by atoms with Gasteiger partial charge in [0.05, 0.1) is 16.3 Å². The minimum atomic E-state index is -0.322. The van der Waals surface area contributed by atoms with Crippen LogP contribution in [0.2, 0.25) is 5.02 Å². The van der Waals surface area contributed by atoms with Gasteiger partial charge in [0, 0.05) is 0 Å². The lowest BCUT2D eigenvalue weighted by Gasteiger charge is -2.04. The summed E-state index contributed by atoms with van der Waals surface area (Å²) in [5.41, 5.74) is 5.70. The second-order valence-electron chi connectivity index (χ2n) is 4.92. The number of benzene rings is 2. The minimum Gasteiger partial charge on any atom is -0.267 e. The zero-order chi connectivity index (χ0) is 15.9. The molecule has 0 heterocycles. The number of carbonyl (C=O) groups excluding carboxylic acids is 1. The number of allylic oxidation sites excluding steroid dienone is 1. The maximum absolute atomic E-state index is 12.0. The lowest BCUT2D eigenvalue weighted by molar-refractivity contribution is 0.0955. The molecule has 0 aromatic heterocycles.